The molecule has 2 nitrogen and oxygen atoms in total. The van der Waals surface area contributed by atoms with Crippen LogP contribution in [0.1, 0.15) is 0 Å². The second-order valence-corrected chi connectivity index (χ2v) is 11.2. The molecular weight excluding hydrogens is 277 g/mol. The number of hydrogen-bond donors (Lipinski definition) is 0. The number of aromatic nitrogens is 1. The first-order chi connectivity index (χ1) is 6.90. The minimum atomic E-state index is -1.04. The Balaban J connectivity index is 2.30. The SMILES string of the molecule is C[Si](C)(C)CCOCn1ccc(Br)c1F. The number of nitrogens with zero attached hydrogens (tertiary/aromatic N) is 1. The van der Waals surface area contributed by atoms with Gasteiger partial charge in [0.05, 0.1) is 4.47 Å². The number of ether oxygens (including phenoxy) is 1. The van der Waals surface area contributed by atoms with E-state index in [9.17, 15) is 4.39 Å². The molecule has 0 aromatic carbocycles. The van der Waals surface area contributed by atoms with Gasteiger partial charge in [-0.25, -0.2) is 0 Å². The largest absolute Gasteiger partial charge is 0.361 e. The highest BCUT2D eigenvalue weighted by molar-refractivity contribution is 9.10. The van der Waals surface area contributed by atoms with Crippen LogP contribution in [-0.4, -0.2) is 19.2 Å². The van der Waals surface area contributed by atoms with Gasteiger partial charge in [-0.05, 0) is 28.0 Å². The van der Waals surface area contributed by atoms with Crippen molar-refractivity contribution in [2.75, 3.05) is 6.61 Å². The lowest BCUT2D eigenvalue weighted by Crippen LogP contribution is -2.22. The van der Waals surface area contributed by atoms with Crippen molar-refractivity contribution < 1.29 is 9.13 Å². The Hall–Kier alpha value is -0.133. The molecule has 0 atom stereocenters. The van der Waals surface area contributed by atoms with Gasteiger partial charge in [0.2, 0.25) is 5.95 Å². The maximum atomic E-state index is 13.3. The molecule has 1 aromatic rings. The molecule has 0 saturated heterocycles. The van der Waals surface area contributed by atoms with Crippen LogP contribution < -0.4 is 0 Å². The first kappa shape index (κ1) is 12.9. The summed E-state index contributed by atoms with van der Waals surface area (Å²) in [4.78, 5) is 0. The molecule has 1 aromatic heterocycles. The molecule has 5 heteroatoms. The van der Waals surface area contributed by atoms with Crippen molar-refractivity contribution >= 4 is 24.0 Å². The second-order valence-electron chi connectivity index (χ2n) is 4.77. The van der Waals surface area contributed by atoms with Crippen LogP contribution in [0.4, 0.5) is 4.39 Å². The molecule has 0 saturated carbocycles. The van der Waals surface area contributed by atoms with Crippen LogP contribution >= 0.6 is 15.9 Å². The molecular formula is C10H17BrFNOSi. The summed E-state index contributed by atoms with van der Waals surface area (Å²) in [5.41, 5.74) is 0. The third-order valence-corrected chi connectivity index (χ3v) is 4.37. The number of rotatable bonds is 5. The van der Waals surface area contributed by atoms with Crippen LogP contribution in [0.25, 0.3) is 0 Å². The molecule has 0 radical (unpaired) electrons. The topological polar surface area (TPSA) is 14.2 Å². The fourth-order valence-corrected chi connectivity index (χ4v) is 2.17. The highest BCUT2D eigenvalue weighted by atomic mass is 79.9. The predicted molar refractivity (Wildman–Crippen MR) is 66.2 cm³/mol. The Kier molecular flexibility index (Phi) is 4.55. The van der Waals surface area contributed by atoms with Crippen LogP contribution in [0, 0.1) is 5.95 Å². The van der Waals surface area contributed by atoms with Gasteiger partial charge in [0.15, 0.2) is 0 Å². The molecule has 15 heavy (non-hydrogen) atoms. The van der Waals surface area contributed by atoms with Gasteiger partial charge in [-0.3, -0.25) is 0 Å². The molecule has 0 aliphatic rings. The normalized spacial score (nSPS) is 12.1. The predicted octanol–water partition coefficient (Wildman–Crippen LogP) is 3.70. The summed E-state index contributed by atoms with van der Waals surface area (Å²) >= 11 is 3.11. The summed E-state index contributed by atoms with van der Waals surface area (Å²) in [6.45, 7) is 7.89. The second kappa shape index (κ2) is 5.27. The Morgan fingerprint density at radius 1 is 1.47 bits per heavy atom. The molecule has 0 aliphatic carbocycles. The fraction of sp³-hybridized carbons (Fsp3) is 0.600. The Labute approximate surface area is 99.6 Å². The van der Waals surface area contributed by atoms with Crippen molar-refractivity contribution in [2.45, 2.75) is 32.4 Å². The van der Waals surface area contributed by atoms with Gasteiger partial charge in [-0.15, -0.1) is 0 Å². The molecule has 0 fully saturated rings. The van der Waals surface area contributed by atoms with Gasteiger partial charge in [0, 0.05) is 20.9 Å². The Morgan fingerprint density at radius 2 is 2.13 bits per heavy atom. The summed E-state index contributed by atoms with van der Waals surface area (Å²) in [6, 6.07) is 2.79. The minimum absolute atomic E-state index is 0.275. The van der Waals surface area contributed by atoms with Crippen LogP contribution in [0.3, 0.4) is 0 Å². The van der Waals surface area contributed by atoms with Crippen molar-refractivity contribution in [2.24, 2.45) is 0 Å². The number of halogens is 2. The maximum absolute atomic E-state index is 13.3. The monoisotopic (exact) mass is 293 g/mol. The standard InChI is InChI=1S/C10H17BrFNOSi/c1-15(2,3)7-6-14-8-13-5-4-9(11)10(13)12/h4-5H,6-8H2,1-3H3. The highest BCUT2D eigenvalue weighted by Gasteiger charge is 2.12. The first-order valence-corrected chi connectivity index (χ1v) is 9.48. The lowest BCUT2D eigenvalue weighted by Gasteiger charge is -2.15. The van der Waals surface area contributed by atoms with E-state index in [0.717, 1.165) is 6.04 Å². The summed E-state index contributed by atoms with van der Waals surface area (Å²) < 4.78 is 20.6. The van der Waals surface area contributed by atoms with Crippen molar-refractivity contribution in [3.63, 3.8) is 0 Å². The summed E-state index contributed by atoms with van der Waals surface area (Å²) in [6.07, 6.45) is 1.67. The van der Waals surface area contributed by atoms with E-state index in [2.05, 4.69) is 35.6 Å². The first-order valence-electron chi connectivity index (χ1n) is 4.98. The highest BCUT2D eigenvalue weighted by Crippen LogP contribution is 2.16. The zero-order valence-electron chi connectivity index (χ0n) is 9.39. The molecule has 0 bridgehead atoms. The van der Waals surface area contributed by atoms with Gasteiger partial charge in [-0.2, -0.15) is 4.39 Å². The quantitative estimate of drug-likeness (QED) is 0.596. The molecule has 1 rings (SSSR count). The average Bonchev–Trinajstić information content (AvgIpc) is 2.42. The van der Waals surface area contributed by atoms with Crippen LogP contribution in [0.2, 0.25) is 25.7 Å². The summed E-state index contributed by atoms with van der Waals surface area (Å²) in [7, 11) is -1.04. The maximum Gasteiger partial charge on any atom is 0.209 e. The van der Waals surface area contributed by atoms with E-state index in [1.54, 1.807) is 12.3 Å². The van der Waals surface area contributed by atoms with Crippen molar-refractivity contribution in [3.05, 3.63) is 22.7 Å². The molecule has 0 amide bonds. The van der Waals surface area contributed by atoms with E-state index in [4.69, 9.17) is 4.74 Å². The van der Waals surface area contributed by atoms with E-state index in [1.807, 2.05) is 0 Å². The van der Waals surface area contributed by atoms with Gasteiger partial charge in [-0.1, -0.05) is 19.6 Å². The number of hydrogen-bond acceptors (Lipinski definition) is 1. The fourth-order valence-electron chi connectivity index (χ4n) is 1.07. The lowest BCUT2D eigenvalue weighted by atomic mass is 10.7. The molecule has 1 heterocycles. The Bertz CT molecular complexity index is 322. The van der Waals surface area contributed by atoms with Gasteiger partial charge < -0.3 is 9.30 Å². The van der Waals surface area contributed by atoms with E-state index in [-0.39, 0.29) is 5.95 Å². The third kappa shape index (κ3) is 4.48. The Morgan fingerprint density at radius 3 is 2.60 bits per heavy atom. The van der Waals surface area contributed by atoms with Gasteiger partial charge in [0.25, 0.3) is 0 Å². The molecule has 86 valence electrons. The minimum Gasteiger partial charge on any atom is -0.361 e. The molecule has 0 unspecified atom stereocenters. The average molecular weight is 294 g/mol. The van der Waals surface area contributed by atoms with Crippen molar-refractivity contribution in [3.8, 4) is 0 Å². The summed E-state index contributed by atoms with van der Waals surface area (Å²) in [5, 5.41) is 0. The zero-order valence-corrected chi connectivity index (χ0v) is 12.0. The molecule has 0 aliphatic heterocycles. The lowest BCUT2D eigenvalue weighted by molar-refractivity contribution is 0.0795. The smallest absolute Gasteiger partial charge is 0.209 e. The van der Waals surface area contributed by atoms with Gasteiger partial charge in [0.1, 0.15) is 6.73 Å². The molecule has 0 spiro atoms. The van der Waals surface area contributed by atoms with Crippen molar-refractivity contribution in [1.82, 2.24) is 4.57 Å². The third-order valence-electron chi connectivity index (χ3n) is 2.08. The summed E-state index contributed by atoms with van der Waals surface area (Å²) in [5.74, 6) is -0.275. The van der Waals surface area contributed by atoms with Crippen LogP contribution in [0.5, 0.6) is 0 Å². The van der Waals surface area contributed by atoms with Crippen molar-refractivity contribution in [1.29, 1.82) is 0 Å². The van der Waals surface area contributed by atoms with E-state index < -0.39 is 8.07 Å². The van der Waals surface area contributed by atoms with Crippen LogP contribution in [-0.2, 0) is 11.5 Å². The van der Waals surface area contributed by atoms with E-state index in [1.165, 1.54) is 4.57 Å². The van der Waals surface area contributed by atoms with Gasteiger partial charge >= 0.3 is 0 Å². The van der Waals surface area contributed by atoms with Crippen LogP contribution in [0.15, 0.2) is 16.7 Å². The molecule has 0 N–H and O–H groups in total. The zero-order chi connectivity index (χ0) is 11.5. The van der Waals surface area contributed by atoms with E-state index in [0.29, 0.717) is 17.8 Å². The van der Waals surface area contributed by atoms with E-state index >= 15 is 0 Å².